The zero-order chi connectivity index (χ0) is 24.4. The third-order valence-corrected chi connectivity index (χ3v) is 6.96. The number of para-hydroxylation sites is 2. The fraction of sp³-hybridized carbons (Fsp3) is 0.143. The van der Waals surface area contributed by atoms with Crippen LogP contribution < -0.4 is 16.0 Å². The Hall–Kier alpha value is -4.03. The van der Waals surface area contributed by atoms with E-state index in [9.17, 15) is 9.59 Å². The van der Waals surface area contributed by atoms with E-state index in [-0.39, 0.29) is 11.2 Å². The highest BCUT2D eigenvalue weighted by molar-refractivity contribution is 6.30. The van der Waals surface area contributed by atoms with Gasteiger partial charge in [-0.15, -0.1) is 0 Å². The lowest BCUT2D eigenvalue weighted by molar-refractivity contribution is 0.229. The highest BCUT2D eigenvalue weighted by Crippen LogP contribution is 2.46. The molecule has 1 aliphatic heterocycles. The number of hydrogen-bond donors (Lipinski definition) is 0. The Bertz CT molecular complexity index is 1740. The number of benzene rings is 3. The van der Waals surface area contributed by atoms with Gasteiger partial charge in [0.2, 0.25) is 0 Å². The van der Waals surface area contributed by atoms with Crippen LogP contribution in [0.2, 0.25) is 5.02 Å². The summed E-state index contributed by atoms with van der Waals surface area (Å²) in [7, 11) is 3.21. The quantitative estimate of drug-likeness (QED) is 0.349. The molecule has 0 aliphatic carbocycles. The molecule has 0 amide bonds. The van der Waals surface area contributed by atoms with Gasteiger partial charge in [-0.25, -0.2) is 4.79 Å². The second-order valence-electron chi connectivity index (χ2n) is 8.88. The number of fused-ring (bicyclic) bond motifs is 5. The lowest BCUT2D eigenvalue weighted by Gasteiger charge is -2.30. The van der Waals surface area contributed by atoms with Crippen LogP contribution in [0.25, 0.3) is 27.8 Å². The molecule has 35 heavy (non-hydrogen) atoms. The summed E-state index contributed by atoms with van der Waals surface area (Å²) in [4.78, 5) is 26.7. The summed E-state index contributed by atoms with van der Waals surface area (Å²) in [5.74, 6) is 0.690. The van der Waals surface area contributed by atoms with Crippen LogP contribution in [0.1, 0.15) is 22.9 Å². The maximum absolute atomic E-state index is 13.7. The SMILES string of the molecule is Cc1ccc(-c2c3c(=O)n(C)c(=O)n(C)c3c3n2-c2ccccc2O[C@H]3c2ccc(Cl)cc2)cc1. The van der Waals surface area contributed by atoms with Crippen molar-refractivity contribution in [2.24, 2.45) is 14.1 Å². The molecule has 5 aromatic rings. The molecule has 0 saturated carbocycles. The molecular formula is C28H22ClN3O3. The third kappa shape index (κ3) is 3.10. The second kappa shape index (κ2) is 7.75. The van der Waals surface area contributed by atoms with E-state index in [0.29, 0.717) is 21.7 Å². The van der Waals surface area contributed by atoms with E-state index in [1.165, 1.54) is 7.05 Å². The second-order valence-corrected chi connectivity index (χ2v) is 9.32. The van der Waals surface area contributed by atoms with E-state index in [4.69, 9.17) is 16.3 Å². The molecule has 3 heterocycles. The van der Waals surface area contributed by atoms with Gasteiger partial charge in [0.15, 0.2) is 6.10 Å². The van der Waals surface area contributed by atoms with Crippen molar-refractivity contribution in [3.8, 4) is 22.7 Å². The van der Waals surface area contributed by atoms with Crippen LogP contribution >= 0.6 is 11.6 Å². The normalized spacial score (nSPS) is 14.5. The fourth-order valence-corrected chi connectivity index (χ4v) is 5.09. The van der Waals surface area contributed by atoms with Crippen LogP contribution in [-0.4, -0.2) is 13.7 Å². The zero-order valence-electron chi connectivity index (χ0n) is 19.4. The van der Waals surface area contributed by atoms with E-state index < -0.39 is 6.10 Å². The first-order valence-corrected chi connectivity index (χ1v) is 11.7. The predicted octanol–water partition coefficient (Wildman–Crippen LogP) is 5.14. The maximum atomic E-state index is 13.7. The number of rotatable bonds is 2. The Balaban J connectivity index is 1.85. The standard InChI is InChI=1S/C28H22ClN3O3/c1-16-8-10-17(11-9-16)23-22-24(30(2)28(34)31(3)27(22)33)25-26(18-12-14-19(29)15-13-18)35-21-7-5-4-6-20(21)32(23)25/h4-15,26H,1-3H3/t26-/m0/s1. The van der Waals surface area contributed by atoms with Gasteiger partial charge in [-0.05, 0) is 42.3 Å². The van der Waals surface area contributed by atoms with Crippen LogP contribution in [0.3, 0.4) is 0 Å². The number of aromatic nitrogens is 3. The summed E-state index contributed by atoms with van der Waals surface area (Å²) < 4.78 is 11.3. The number of hydrogen-bond acceptors (Lipinski definition) is 3. The fourth-order valence-electron chi connectivity index (χ4n) is 4.96. The van der Waals surface area contributed by atoms with Gasteiger partial charge in [0.05, 0.1) is 28.0 Å². The lowest BCUT2D eigenvalue weighted by atomic mass is 10.0. The molecule has 3 aromatic carbocycles. The predicted molar refractivity (Wildman–Crippen MR) is 138 cm³/mol. The van der Waals surface area contributed by atoms with Crippen molar-refractivity contribution in [1.29, 1.82) is 0 Å². The number of aryl methyl sites for hydroxylation is 2. The minimum absolute atomic E-state index is 0.340. The average Bonchev–Trinajstić information content (AvgIpc) is 3.23. The van der Waals surface area contributed by atoms with Crippen LogP contribution in [0, 0.1) is 6.92 Å². The molecule has 7 heteroatoms. The summed E-state index contributed by atoms with van der Waals surface area (Å²) in [6.07, 6.45) is -0.554. The van der Waals surface area contributed by atoms with Gasteiger partial charge >= 0.3 is 5.69 Å². The molecule has 2 aromatic heterocycles. The lowest BCUT2D eigenvalue weighted by Crippen LogP contribution is -2.37. The van der Waals surface area contributed by atoms with E-state index in [0.717, 1.165) is 38.3 Å². The molecule has 0 bridgehead atoms. The first kappa shape index (κ1) is 21.5. The first-order chi connectivity index (χ1) is 16.9. The van der Waals surface area contributed by atoms with Crippen molar-refractivity contribution in [1.82, 2.24) is 13.7 Å². The van der Waals surface area contributed by atoms with Gasteiger partial charge in [0.1, 0.15) is 5.75 Å². The summed E-state index contributed by atoms with van der Waals surface area (Å²) >= 11 is 6.17. The molecule has 6 rings (SSSR count). The number of halogens is 1. The van der Waals surface area contributed by atoms with E-state index in [2.05, 4.69) is 4.57 Å². The zero-order valence-corrected chi connectivity index (χ0v) is 20.2. The molecule has 0 radical (unpaired) electrons. The molecular weight excluding hydrogens is 462 g/mol. The summed E-state index contributed by atoms with van der Waals surface area (Å²) in [5.41, 5.74) is 4.98. The van der Waals surface area contributed by atoms with Crippen molar-refractivity contribution in [2.45, 2.75) is 13.0 Å². The number of ether oxygens (including phenoxy) is 1. The van der Waals surface area contributed by atoms with Crippen LogP contribution in [-0.2, 0) is 14.1 Å². The van der Waals surface area contributed by atoms with Crippen LogP contribution in [0.4, 0.5) is 0 Å². The first-order valence-electron chi connectivity index (χ1n) is 11.3. The van der Waals surface area contributed by atoms with Gasteiger partial charge in [-0.1, -0.05) is 65.7 Å². The molecule has 174 valence electrons. The number of nitrogens with zero attached hydrogens (tertiary/aromatic N) is 3. The molecule has 0 fully saturated rings. The molecule has 1 aliphatic rings. The van der Waals surface area contributed by atoms with Gasteiger partial charge in [0, 0.05) is 19.1 Å². The monoisotopic (exact) mass is 483 g/mol. The Morgan fingerprint density at radius 3 is 2.26 bits per heavy atom. The largest absolute Gasteiger partial charge is 0.477 e. The van der Waals surface area contributed by atoms with Crippen molar-refractivity contribution in [3.05, 3.63) is 115 Å². The summed E-state index contributed by atoms with van der Waals surface area (Å²) in [6, 6.07) is 23.3. The molecule has 0 N–H and O–H groups in total. The average molecular weight is 484 g/mol. The summed E-state index contributed by atoms with van der Waals surface area (Å²) in [6.45, 7) is 2.03. The van der Waals surface area contributed by atoms with Gasteiger partial charge in [-0.2, -0.15) is 0 Å². The topological polar surface area (TPSA) is 58.2 Å². The van der Waals surface area contributed by atoms with Crippen LogP contribution in [0.15, 0.2) is 82.4 Å². The Kier molecular flexibility index (Phi) is 4.76. The molecule has 0 unspecified atom stereocenters. The van der Waals surface area contributed by atoms with Crippen molar-refractivity contribution in [3.63, 3.8) is 0 Å². The van der Waals surface area contributed by atoms with Gasteiger partial charge in [-0.3, -0.25) is 13.9 Å². The van der Waals surface area contributed by atoms with Crippen molar-refractivity contribution >= 4 is 22.5 Å². The highest BCUT2D eigenvalue weighted by Gasteiger charge is 2.36. The van der Waals surface area contributed by atoms with E-state index in [1.807, 2.05) is 79.7 Å². The minimum atomic E-state index is -0.554. The van der Waals surface area contributed by atoms with Crippen molar-refractivity contribution < 1.29 is 4.74 Å². The Labute approximate surface area is 206 Å². The Morgan fingerprint density at radius 2 is 1.54 bits per heavy atom. The Morgan fingerprint density at radius 1 is 0.857 bits per heavy atom. The van der Waals surface area contributed by atoms with Crippen molar-refractivity contribution in [2.75, 3.05) is 0 Å². The van der Waals surface area contributed by atoms with Crippen LogP contribution in [0.5, 0.6) is 5.75 Å². The molecule has 1 atom stereocenters. The highest BCUT2D eigenvalue weighted by atomic mass is 35.5. The summed E-state index contributed by atoms with van der Waals surface area (Å²) in [5, 5.41) is 1.10. The van der Waals surface area contributed by atoms with Gasteiger partial charge in [0.25, 0.3) is 5.56 Å². The maximum Gasteiger partial charge on any atom is 0.331 e. The minimum Gasteiger partial charge on any atom is -0.477 e. The van der Waals surface area contributed by atoms with E-state index in [1.54, 1.807) is 11.6 Å². The third-order valence-electron chi connectivity index (χ3n) is 6.71. The molecule has 0 saturated heterocycles. The smallest absolute Gasteiger partial charge is 0.331 e. The van der Waals surface area contributed by atoms with E-state index >= 15 is 0 Å². The molecule has 6 nitrogen and oxygen atoms in total. The van der Waals surface area contributed by atoms with Gasteiger partial charge < -0.3 is 9.30 Å². The molecule has 0 spiro atoms.